The molecule has 0 amide bonds. The first kappa shape index (κ1) is 14.7. The number of methoxy groups -OCH3 is 1. The van der Waals surface area contributed by atoms with Gasteiger partial charge in [-0.15, -0.1) is 0 Å². The Hall–Kier alpha value is -1.72. The molecule has 0 bridgehead atoms. The molecule has 0 radical (unpaired) electrons. The molecule has 0 spiro atoms. The largest absolute Gasteiger partial charge is 0.495 e. The zero-order valence-electron chi connectivity index (χ0n) is 10.5. The Balaban J connectivity index is 2.49. The summed E-state index contributed by atoms with van der Waals surface area (Å²) in [4.78, 5) is 0. The third-order valence-corrected chi connectivity index (χ3v) is 3.20. The molecular formula is C14H11ClF3NO. The maximum Gasteiger partial charge on any atom is 0.137 e. The van der Waals surface area contributed by atoms with E-state index in [1.54, 1.807) is 0 Å². The average molecular weight is 302 g/mol. The first-order valence-corrected chi connectivity index (χ1v) is 6.05. The second-order valence-electron chi connectivity index (χ2n) is 4.15. The van der Waals surface area contributed by atoms with Crippen LogP contribution >= 0.6 is 11.6 Å². The first-order valence-electron chi connectivity index (χ1n) is 5.67. The minimum absolute atomic E-state index is 0.336. The second kappa shape index (κ2) is 5.73. The van der Waals surface area contributed by atoms with Crippen molar-refractivity contribution in [1.82, 2.24) is 0 Å². The van der Waals surface area contributed by atoms with Crippen molar-refractivity contribution in [3.05, 3.63) is 63.9 Å². The monoisotopic (exact) mass is 301 g/mol. The Morgan fingerprint density at radius 1 is 1.10 bits per heavy atom. The van der Waals surface area contributed by atoms with Gasteiger partial charge < -0.3 is 10.5 Å². The van der Waals surface area contributed by atoms with E-state index in [4.69, 9.17) is 22.1 Å². The molecule has 2 aromatic carbocycles. The van der Waals surface area contributed by atoms with Crippen molar-refractivity contribution in [2.24, 2.45) is 5.73 Å². The van der Waals surface area contributed by atoms with Gasteiger partial charge in [0.15, 0.2) is 0 Å². The molecule has 0 saturated heterocycles. The highest BCUT2D eigenvalue weighted by Crippen LogP contribution is 2.31. The third-order valence-electron chi connectivity index (χ3n) is 2.89. The van der Waals surface area contributed by atoms with E-state index in [1.165, 1.54) is 25.3 Å². The molecule has 2 N–H and O–H groups in total. The fourth-order valence-electron chi connectivity index (χ4n) is 1.89. The third kappa shape index (κ3) is 2.73. The Bertz CT molecular complexity index is 625. The molecule has 0 fully saturated rings. The summed E-state index contributed by atoms with van der Waals surface area (Å²) < 4.78 is 45.3. The summed E-state index contributed by atoms with van der Waals surface area (Å²) in [5, 5.41) is 0.350. The zero-order valence-corrected chi connectivity index (χ0v) is 11.2. The van der Waals surface area contributed by atoms with Gasteiger partial charge in [0.2, 0.25) is 0 Å². The summed E-state index contributed by atoms with van der Waals surface area (Å²) in [6, 6.07) is 4.60. The van der Waals surface area contributed by atoms with Crippen LogP contribution in [-0.4, -0.2) is 7.11 Å². The normalized spacial score (nSPS) is 12.3. The van der Waals surface area contributed by atoms with E-state index in [0.29, 0.717) is 28.5 Å². The van der Waals surface area contributed by atoms with Crippen LogP contribution in [0.15, 0.2) is 30.3 Å². The molecule has 2 nitrogen and oxygen atoms in total. The molecule has 1 unspecified atom stereocenters. The molecule has 0 heterocycles. The minimum atomic E-state index is -1.10. The van der Waals surface area contributed by atoms with Gasteiger partial charge in [0.25, 0.3) is 0 Å². The number of nitrogens with two attached hydrogens (primary N) is 1. The molecule has 0 aliphatic rings. The number of hydrogen-bond donors (Lipinski definition) is 1. The van der Waals surface area contributed by atoms with Crippen LogP contribution in [0.25, 0.3) is 0 Å². The van der Waals surface area contributed by atoms with Crippen molar-refractivity contribution < 1.29 is 17.9 Å². The van der Waals surface area contributed by atoms with Crippen LogP contribution in [-0.2, 0) is 0 Å². The zero-order chi connectivity index (χ0) is 14.9. The molecule has 1 atom stereocenters. The van der Waals surface area contributed by atoms with Gasteiger partial charge >= 0.3 is 0 Å². The van der Waals surface area contributed by atoms with E-state index >= 15 is 0 Å². The first-order chi connectivity index (χ1) is 9.43. The van der Waals surface area contributed by atoms with E-state index in [0.717, 1.165) is 0 Å². The van der Waals surface area contributed by atoms with Crippen LogP contribution < -0.4 is 10.5 Å². The van der Waals surface area contributed by atoms with Crippen LogP contribution in [0.2, 0.25) is 5.02 Å². The number of rotatable bonds is 3. The van der Waals surface area contributed by atoms with Crippen LogP contribution in [0.5, 0.6) is 5.75 Å². The van der Waals surface area contributed by atoms with Crippen molar-refractivity contribution >= 4 is 11.6 Å². The summed E-state index contributed by atoms with van der Waals surface area (Å²) in [5.41, 5.74) is 5.83. The van der Waals surface area contributed by atoms with Crippen molar-refractivity contribution in [1.29, 1.82) is 0 Å². The summed E-state index contributed by atoms with van der Waals surface area (Å²) in [5.74, 6) is -2.74. The predicted octanol–water partition coefficient (Wildman–Crippen LogP) is 3.81. The summed E-state index contributed by atoms with van der Waals surface area (Å²) in [6.45, 7) is 0. The maximum atomic E-state index is 13.7. The lowest BCUT2D eigenvalue weighted by Gasteiger charge is -2.16. The van der Waals surface area contributed by atoms with Gasteiger partial charge in [-0.3, -0.25) is 0 Å². The lowest BCUT2D eigenvalue weighted by Crippen LogP contribution is -2.16. The summed E-state index contributed by atoms with van der Waals surface area (Å²) >= 11 is 5.87. The molecule has 2 aromatic rings. The highest BCUT2D eigenvalue weighted by molar-refractivity contribution is 6.32. The van der Waals surface area contributed by atoms with E-state index < -0.39 is 29.1 Å². The molecule has 0 aromatic heterocycles. The standard InChI is InChI=1S/C14H11ClF3NO/c1-20-12-4-7(2-3-9(12)15)14(19)13-10(17)5-8(16)6-11(13)18/h2-6,14H,19H2,1H3. The Morgan fingerprint density at radius 3 is 2.25 bits per heavy atom. The van der Waals surface area contributed by atoms with Gasteiger partial charge in [-0.2, -0.15) is 0 Å². The molecule has 0 aliphatic heterocycles. The molecule has 0 saturated carbocycles. The van der Waals surface area contributed by atoms with Crippen molar-refractivity contribution in [2.75, 3.05) is 7.11 Å². The lowest BCUT2D eigenvalue weighted by atomic mass is 9.98. The highest BCUT2D eigenvalue weighted by Gasteiger charge is 2.20. The Kier molecular flexibility index (Phi) is 4.20. The smallest absolute Gasteiger partial charge is 0.137 e. The summed E-state index contributed by atoms with van der Waals surface area (Å²) in [7, 11) is 1.41. The van der Waals surface area contributed by atoms with Crippen LogP contribution in [0, 0.1) is 17.5 Å². The van der Waals surface area contributed by atoms with Crippen LogP contribution in [0.3, 0.4) is 0 Å². The van der Waals surface area contributed by atoms with Crippen molar-refractivity contribution in [3.63, 3.8) is 0 Å². The second-order valence-corrected chi connectivity index (χ2v) is 4.56. The van der Waals surface area contributed by atoms with E-state index in [9.17, 15) is 13.2 Å². The van der Waals surface area contributed by atoms with Gasteiger partial charge in [0.05, 0.1) is 18.2 Å². The van der Waals surface area contributed by atoms with Gasteiger partial charge in [-0.1, -0.05) is 17.7 Å². The number of hydrogen-bond acceptors (Lipinski definition) is 2. The van der Waals surface area contributed by atoms with E-state index in [2.05, 4.69) is 0 Å². The lowest BCUT2D eigenvalue weighted by molar-refractivity contribution is 0.414. The van der Waals surface area contributed by atoms with Gasteiger partial charge in [0.1, 0.15) is 23.2 Å². The predicted molar refractivity (Wildman–Crippen MR) is 70.4 cm³/mol. The maximum absolute atomic E-state index is 13.7. The fourth-order valence-corrected chi connectivity index (χ4v) is 2.08. The molecule has 6 heteroatoms. The topological polar surface area (TPSA) is 35.2 Å². The van der Waals surface area contributed by atoms with Gasteiger partial charge in [0, 0.05) is 17.7 Å². The van der Waals surface area contributed by atoms with Crippen molar-refractivity contribution in [2.45, 2.75) is 6.04 Å². The van der Waals surface area contributed by atoms with Crippen LogP contribution in [0.4, 0.5) is 13.2 Å². The quantitative estimate of drug-likeness (QED) is 0.935. The Labute approximate surface area is 118 Å². The summed E-state index contributed by atoms with van der Waals surface area (Å²) in [6.07, 6.45) is 0. The molecule has 0 aliphatic carbocycles. The van der Waals surface area contributed by atoms with Crippen LogP contribution in [0.1, 0.15) is 17.2 Å². The van der Waals surface area contributed by atoms with Crippen molar-refractivity contribution in [3.8, 4) is 5.75 Å². The molecular weight excluding hydrogens is 291 g/mol. The average Bonchev–Trinajstić information content (AvgIpc) is 2.37. The highest BCUT2D eigenvalue weighted by atomic mass is 35.5. The van der Waals surface area contributed by atoms with E-state index in [-0.39, 0.29) is 0 Å². The molecule has 2 rings (SSSR count). The number of ether oxygens (including phenoxy) is 1. The van der Waals surface area contributed by atoms with E-state index in [1.807, 2.05) is 0 Å². The number of halogens is 4. The molecule has 20 heavy (non-hydrogen) atoms. The van der Waals surface area contributed by atoms with Gasteiger partial charge in [-0.05, 0) is 17.7 Å². The SMILES string of the molecule is COc1cc(C(N)c2c(F)cc(F)cc2F)ccc1Cl. The van der Waals surface area contributed by atoms with Gasteiger partial charge in [-0.25, -0.2) is 13.2 Å². The number of benzene rings is 2. The minimum Gasteiger partial charge on any atom is -0.495 e. The Morgan fingerprint density at radius 2 is 1.70 bits per heavy atom. The fraction of sp³-hybridized carbons (Fsp3) is 0.143. The molecule has 106 valence electrons.